The molecule has 1 atom stereocenters. The fraction of sp³-hybridized carbons (Fsp3) is 0.154. The number of aliphatic hydroxyl groups excluding tert-OH is 1. The molecule has 2 N–H and O–H groups in total. The molecular formula is C13H10O3. The third kappa shape index (κ3) is 3.88. The minimum Gasteiger partial charge on any atom is -0.478 e. The fourth-order valence-electron chi connectivity index (χ4n) is 0.940. The number of aliphatic hydroxyl groups is 1. The summed E-state index contributed by atoms with van der Waals surface area (Å²) >= 11 is 0. The number of rotatable bonds is 1. The van der Waals surface area contributed by atoms with Crippen LogP contribution in [0.15, 0.2) is 24.3 Å². The summed E-state index contributed by atoms with van der Waals surface area (Å²) in [6.07, 6.45) is -0.691. The average Bonchev–Trinajstić information content (AvgIpc) is 2.25. The third-order valence-corrected chi connectivity index (χ3v) is 1.68. The molecule has 0 spiro atoms. The Bertz CT molecular complexity index is 490. The van der Waals surface area contributed by atoms with Crippen molar-refractivity contribution < 1.29 is 15.0 Å². The van der Waals surface area contributed by atoms with Gasteiger partial charge in [-0.3, -0.25) is 0 Å². The number of hydrogen-bond acceptors (Lipinski definition) is 2. The third-order valence-electron chi connectivity index (χ3n) is 1.68. The zero-order valence-corrected chi connectivity index (χ0v) is 8.69. The number of benzene rings is 1. The number of aromatic carboxylic acids is 1. The zero-order valence-electron chi connectivity index (χ0n) is 8.69. The molecule has 0 bridgehead atoms. The molecule has 80 valence electrons. The summed E-state index contributed by atoms with van der Waals surface area (Å²) in [7, 11) is 0. The summed E-state index contributed by atoms with van der Waals surface area (Å²) in [6, 6.07) is 6.18. The maximum atomic E-state index is 10.6. The second kappa shape index (κ2) is 5.60. The van der Waals surface area contributed by atoms with Crippen molar-refractivity contribution in [1.82, 2.24) is 0 Å². The van der Waals surface area contributed by atoms with E-state index in [1.54, 1.807) is 19.1 Å². The molecule has 1 aromatic rings. The first kappa shape index (κ1) is 11.8. The highest BCUT2D eigenvalue weighted by atomic mass is 16.4. The minimum atomic E-state index is -0.964. The van der Waals surface area contributed by atoms with E-state index in [9.17, 15) is 4.79 Å². The molecule has 0 fully saturated rings. The molecular weight excluding hydrogens is 204 g/mol. The van der Waals surface area contributed by atoms with Gasteiger partial charge in [0.15, 0.2) is 0 Å². The number of carbonyl (C=O) groups is 1. The van der Waals surface area contributed by atoms with Crippen LogP contribution in [0.2, 0.25) is 0 Å². The van der Waals surface area contributed by atoms with E-state index in [-0.39, 0.29) is 5.56 Å². The van der Waals surface area contributed by atoms with E-state index >= 15 is 0 Å². The van der Waals surface area contributed by atoms with Crippen molar-refractivity contribution in [2.75, 3.05) is 0 Å². The molecule has 3 nitrogen and oxygen atoms in total. The van der Waals surface area contributed by atoms with Crippen molar-refractivity contribution in [1.29, 1.82) is 0 Å². The lowest BCUT2D eigenvalue weighted by Gasteiger charge is -1.92. The van der Waals surface area contributed by atoms with Crippen LogP contribution in [-0.4, -0.2) is 22.3 Å². The fourth-order valence-corrected chi connectivity index (χ4v) is 0.940. The molecule has 0 heterocycles. The molecule has 0 radical (unpaired) electrons. The maximum Gasteiger partial charge on any atom is 0.335 e. The summed E-state index contributed by atoms with van der Waals surface area (Å²) in [6.45, 7) is 1.55. The van der Waals surface area contributed by atoms with E-state index in [1.165, 1.54) is 12.1 Å². The Morgan fingerprint density at radius 2 is 1.88 bits per heavy atom. The van der Waals surface area contributed by atoms with E-state index in [0.717, 1.165) is 0 Å². The van der Waals surface area contributed by atoms with Crippen molar-refractivity contribution >= 4 is 5.97 Å². The summed E-state index contributed by atoms with van der Waals surface area (Å²) < 4.78 is 0. The highest BCUT2D eigenvalue weighted by molar-refractivity contribution is 5.87. The molecule has 3 heteroatoms. The summed E-state index contributed by atoms with van der Waals surface area (Å²) in [5.74, 6) is 9.31. The standard InChI is InChI=1S/C13H10O3/c1-10(14)4-2-3-5-11-6-8-12(9-7-11)13(15)16/h6-10,14H,1H3,(H,15,16). The van der Waals surface area contributed by atoms with E-state index in [1.807, 2.05) is 0 Å². The smallest absolute Gasteiger partial charge is 0.335 e. The lowest BCUT2D eigenvalue weighted by Crippen LogP contribution is -1.94. The zero-order chi connectivity index (χ0) is 12.0. The Labute approximate surface area is 93.7 Å². The van der Waals surface area contributed by atoms with Crippen LogP contribution in [0.1, 0.15) is 22.8 Å². The average molecular weight is 214 g/mol. The van der Waals surface area contributed by atoms with Gasteiger partial charge < -0.3 is 10.2 Å². The van der Waals surface area contributed by atoms with Gasteiger partial charge in [0, 0.05) is 5.56 Å². The quantitative estimate of drug-likeness (QED) is 0.689. The summed E-state index contributed by atoms with van der Waals surface area (Å²) in [5, 5.41) is 17.5. The van der Waals surface area contributed by atoms with E-state index < -0.39 is 12.1 Å². The molecule has 0 saturated heterocycles. The number of carboxylic acids is 1. The summed E-state index contributed by atoms with van der Waals surface area (Å²) in [4.78, 5) is 10.6. The van der Waals surface area contributed by atoms with Crippen LogP contribution >= 0.6 is 0 Å². The Kier molecular flexibility index (Phi) is 4.15. The molecule has 1 rings (SSSR count). The molecule has 0 aromatic heterocycles. The van der Waals surface area contributed by atoms with Gasteiger partial charge in [-0.2, -0.15) is 0 Å². The Balaban J connectivity index is 2.77. The van der Waals surface area contributed by atoms with Crippen LogP contribution in [0.4, 0.5) is 0 Å². The van der Waals surface area contributed by atoms with Gasteiger partial charge in [0.2, 0.25) is 0 Å². The van der Waals surface area contributed by atoms with Gasteiger partial charge >= 0.3 is 5.97 Å². The van der Waals surface area contributed by atoms with Gasteiger partial charge in [-0.15, -0.1) is 0 Å². The van der Waals surface area contributed by atoms with E-state index in [2.05, 4.69) is 23.7 Å². The molecule has 0 saturated carbocycles. The first-order valence-corrected chi connectivity index (χ1v) is 4.62. The highest BCUT2D eigenvalue weighted by Gasteiger charge is 1.99. The van der Waals surface area contributed by atoms with Crippen LogP contribution in [0.5, 0.6) is 0 Å². The molecule has 1 aromatic carbocycles. The van der Waals surface area contributed by atoms with Crippen LogP contribution in [0, 0.1) is 23.7 Å². The van der Waals surface area contributed by atoms with Gasteiger partial charge in [0.25, 0.3) is 0 Å². The normalized spacial score (nSPS) is 10.4. The predicted octanol–water partition coefficient (Wildman–Crippen LogP) is 1.12. The van der Waals surface area contributed by atoms with E-state index in [4.69, 9.17) is 10.2 Å². The first-order chi connectivity index (χ1) is 7.59. The number of hydrogen-bond donors (Lipinski definition) is 2. The van der Waals surface area contributed by atoms with Crippen molar-refractivity contribution in [2.45, 2.75) is 13.0 Å². The topological polar surface area (TPSA) is 57.5 Å². The van der Waals surface area contributed by atoms with Crippen LogP contribution in [-0.2, 0) is 0 Å². The van der Waals surface area contributed by atoms with Gasteiger partial charge in [-0.05, 0) is 43.0 Å². The summed E-state index contributed by atoms with van der Waals surface area (Å²) in [5.41, 5.74) is 0.908. The molecule has 0 aliphatic rings. The molecule has 0 amide bonds. The van der Waals surface area contributed by atoms with Crippen molar-refractivity contribution in [3.63, 3.8) is 0 Å². The lowest BCUT2D eigenvalue weighted by atomic mass is 10.1. The SMILES string of the molecule is CC(O)C#CC#Cc1ccc(C(=O)O)cc1. The molecule has 16 heavy (non-hydrogen) atoms. The Hall–Kier alpha value is -2.23. The minimum absolute atomic E-state index is 0.223. The lowest BCUT2D eigenvalue weighted by molar-refractivity contribution is 0.0697. The van der Waals surface area contributed by atoms with E-state index in [0.29, 0.717) is 5.56 Å². The van der Waals surface area contributed by atoms with Gasteiger partial charge in [0.05, 0.1) is 5.56 Å². The van der Waals surface area contributed by atoms with Crippen molar-refractivity contribution in [3.8, 4) is 23.7 Å². The monoisotopic (exact) mass is 214 g/mol. The van der Waals surface area contributed by atoms with Crippen LogP contribution in [0.3, 0.4) is 0 Å². The maximum absolute atomic E-state index is 10.6. The van der Waals surface area contributed by atoms with Gasteiger partial charge in [-0.25, -0.2) is 4.79 Å². The largest absolute Gasteiger partial charge is 0.478 e. The molecule has 0 aliphatic heterocycles. The second-order valence-electron chi connectivity index (χ2n) is 3.08. The van der Waals surface area contributed by atoms with Crippen molar-refractivity contribution in [3.05, 3.63) is 35.4 Å². The first-order valence-electron chi connectivity index (χ1n) is 4.62. The Morgan fingerprint density at radius 3 is 2.38 bits per heavy atom. The Morgan fingerprint density at radius 1 is 1.25 bits per heavy atom. The van der Waals surface area contributed by atoms with Crippen LogP contribution in [0.25, 0.3) is 0 Å². The highest BCUT2D eigenvalue weighted by Crippen LogP contribution is 2.02. The van der Waals surface area contributed by atoms with Crippen molar-refractivity contribution in [2.24, 2.45) is 0 Å². The van der Waals surface area contributed by atoms with Gasteiger partial charge in [-0.1, -0.05) is 11.8 Å². The van der Waals surface area contributed by atoms with Crippen LogP contribution < -0.4 is 0 Å². The number of carboxylic acid groups (broad SMARTS) is 1. The molecule has 1 unspecified atom stereocenters. The van der Waals surface area contributed by atoms with Gasteiger partial charge in [0.1, 0.15) is 6.10 Å². The molecule has 0 aliphatic carbocycles. The second-order valence-corrected chi connectivity index (χ2v) is 3.08. The predicted molar refractivity (Wildman–Crippen MR) is 59.7 cm³/mol.